The summed E-state index contributed by atoms with van der Waals surface area (Å²) in [5.74, 6) is -0.913. The van der Waals surface area contributed by atoms with E-state index in [4.69, 9.17) is 14.2 Å². The van der Waals surface area contributed by atoms with E-state index in [9.17, 15) is 14.4 Å². The number of unbranched alkanes of at least 4 members (excludes halogenated alkanes) is 25. The van der Waals surface area contributed by atoms with E-state index in [1.807, 2.05) is 0 Å². The second-order valence-corrected chi connectivity index (χ2v) is 18.5. The molecule has 0 radical (unpaired) electrons. The number of carbonyl (C=O) groups excluding carboxylic acids is 3. The third-order valence-electron chi connectivity index (χ3n) is 11.9. The molecule has 0 N–H and O–H groups in total. The number of allylic oxidation sites excluding steroid dienone is 14. The molecule has 0 saturated carbocycles. The number of hydrogen-bond acceptors (Lipinski definition) is 6. The van der Waals surface area contributed by atoms with E-state index in [0.29, 0.717) is 19.3 Å². The Kier molecular flexibility index (Phi) is 52.4. The van der Waals surface area contributed by atoms with Crippen molar-refractivity contribution in [3.63, 3.8) is 0 Å². The van der Waals surface area contributed by atoms with Crippen LogP contribution in [0, 0.1) is 0 Å². The second kappa shape index (κ2) is 55.2. The summed E-state index contributed by atoms with van der Waals surface area (Å²) in [6.07, 6.45) is 71.4. The molecule has 0 aromatic carbocycles. The Morgan fingerprint density at radius 3 is 0.970 bits per heavy atom. The number of hydrogen-bond donors (Lipinski definition) is 0. The maximum Gasteiger partial charge on any atom is 0.306 e. The van der Waals surface area contributed by atoms with Gasteiger partial charge >= 0.3 is 17.9 Å². The van der Waals surface area contributed by atoms with Gasteiger partial charge in [-0.2, -0.15) is 0 Å². The van der Waals surface area contributed by atoms with Crippen LogP contribution >= 0.6 is 0 Å². The van der Waals surface area contributed by atoms with E-state index in [2.05, 4.69) is 106 Å². The van der Waals surface area contributed by atoms with Crippen molar-refractivity contribution in [2.45, 2.75) is 271 Å². The van der Waals surface area contributed by atoms with Crippen molar-refractivity contribution < 1.29 is 28.6 Å². The molecule has 0 rings (SSSR count). The highest BCUT2D eigenvalue weighted by Crippen LogP contribution is 2.14. The lowest BCUT2D eigenvalue weighted by atomic mass is 10.1. The molecule has 0 fully saturated rings. The van der Waals surface area contributed by atoms with Gasteiger partial charge in [0.15, 0.2) is 6.10 Å². The van der Waals surface area contributed by atoms with Crippen LogP contribution in [0.3, 0.4) is 0 Å². The molecule has 0 amide bonds. The average Bonchev–Trinajstić information content (AvgIpc) is 3.33. The predicted octanol–water partition coefficient (Wildman–Crippen LogP) is 18.8. The molecule has 1 atom stereocenters. The molecule has 0 aliphatic carbocycles. The first kappa shape index (κ1) is 63.6. The second-order valence-electron chi connectivity index (χ2n) is 18.5. The van der Waals surface area contributed by atoms with Gasteiger partial charge in [0, 0.05) is 19.3 Å². The number of carbonyl (C=O) groups is 3. The van der Waals surface area contributed by atoms with Crippen molar-refractivity contribution in [2.24, 2.45) is 0 Å². The van der Waals surface area contributed by atoms with E-state index >= 15 is 0 Å². The molecule has 1 unspecified atom stereocenters. The summed E-state index contributed by atoms with van der Waals surface area (Å²) in [6.45, 7) is 6.46. The van der Waals surface area contributed by atoms with E-state index in [1.165, 1.54) is 109 Å². The Morgan fingerprint density at radius 2 is 0.597 bits per heavy atom. The highest BCUT2D eigenvalue weighted by Gasteiger charge is 2.19. The van der Waals surface area contributed by atoms with Crippen LogP contribution in [0.2, 0.25) is 0 Å². The van der Waals surface area contributed by atoms with E-state index < -0.39 is 6.10 Å². The smallest absolute Gasteiger partial charge is 0.306 e. The summed E-state index contributed by atoms with van der Waals surface area (Å²) in [5, 5.41) is 0. The summed E-state index contributed by atoms with van der Waals surface area (Å²) < 4.78 is 16.8. The molecule has 0 saturated heterocycles. The molecule has 0 spiro atoms. The van der Waals surface area contributed by atoms with Crippen LogP contribution < -0.4 is 0 Å². The Hall–Kier alpha value is -3.41. The molecule has 0 bridgehead atoms. The van der Waals surface area contributed by atoms with Gasteiger partial charge in [0.25, 0.3) is 0 Å². The third kappa shape index (κ3) is 53.4. The molecular weight excluding hydrogens is 829 g/mol. The van der Waals surface area contributed by atoms with Gasteiger partial charge in [0.1, 0.15) is 13.2 Å². The molecule has 0 aromatic rings. The molecule has 6 nitrogen and oxygen atoms in total. The lowest BCUT2D eigenvalue weighted by Gasteiger charge is -2.18. The van der Waals surface area contributed by atoms with Gasteiger partial charge in [-0.05, 0) is 109 Å². The SMILES string of the molecule is CC/C=C\C/C=C\C/C=C\C/C=C\C/C=C\CCCCCCCCCC(=O)OCC(COC(=O)CCCCCCC/C=C\CCCC)OC(=O)CCCCCCC/C=C\CCCCCCCC. The van der Waals surface area contributed by atoms with Crippen molar-refractivity contribution in [2.75, 3.05) is 13.2 Å². The first-order valence-corrected chi connectivity index (χ1v) is 28.1. The Balaban J connectivity index is 4.35. The van der Waals surface area contributed by atoms with Crippen molar-refractivity contribution >= 4 is 17.9 Å². The van der Waals surface area contributed by atoms with Gasteiger partial charge in [-0.15, -0.1) is 0 Å². The normalized spacial score (nSPS) is 12.7. The number of ether oxygens (including phenoxy) is 3. The van der Waals surface area contributed by atoms with Crippen molar-refractivity contribution in [3.8, 4) is 0 Å². The summed E-state index contributed by atoms with van der Waals surface area (Å²) in [7, 11) is 0. The summed E-state index contributed by atoms with van der Waals surface area (Å²) in [5.41, 5.74) is 0. The van der Waals surface area contributed by atoms with Gasteiger partial charge in [-0.1, -0.05) is 221 Å². The van der Waals surface area contributed by atoms with Crippen LogP contribution in [-0.2, 0) is 28.6 Å². The summed E-state index contributed by atoms with van der Waals surface area (Å²) >= 11 is 0. The molecule has 0 aromatic heterocycles. The van der Waals surface area contributed by atoms with Gasteiger partial charge in [0.05, 0.1) is 0 Å². The fraction of sp³-hybridized carbons (Fsp3) is 0.721. The molecular formula is C61H104O6. The molecule has 67 heavy (non-hydrogen) atoms. The highest BCUT2D eigenvalue weighted by molar-refractivity contribution is 5.71. The van der Waals surface area contributed by atoms with Crippen molar-refractivity contribution in [1.29, 1.82) is 0 Å². The molecule has 0 aliphatic rings. The van der Waals surface area contributed by atoms with E-state index in [-0.39, 0.29) is 31.1 Å². The Labute approximate surface area is 414 Å². The fourth-order valence-electron chi connectivity index (χ4n) is 7.62. The first-order valence-electron chi connectivity index (χ1n) is 28.1. The van der Waals surface area contributed by atoms with E-state index in [1.54, 1.807) is 0 Å². The standard InChI is InChI=1S/C61H104O6/c1-4-7-10-13-16-19-22-24-26-27-28-29-30-31-32-33-35-36-39-42-45-48-51-54-60(63)66-57-58(56-65-59(62)53-50-47-44-41-38-21-18-15-12-9-6-3)67-61(64)55-52-49-46-43-40-37-34-25-23-20-17-14-11-8-5-2/h7,10,15-16,18-19,24-26,28-29,31-32,34,58H,4-6,8-9,11-14,17,20-23,27,30,33,35-57H2,1-3H3/b10-7-,18-15-,19-16-,26-24-,29-28-,32-31-,34-25-. The fourth-order valence-corrected chi connectivity index (χ4v) is 7.62. The van der Waals surface area contributed by atoms with E-state index in [0.717, 1.165) is 116 Å². The molecule has 384 valence electrons. The average molecular weight is 933 g/mol. The van der Waals surface area contributed by atoms with Gasteiger partial charge in [-0.3, -0.25) is 14.4 Å². The van der Waals surface area contributed by atoms with Crippen molar-refractivity contribution in [1.82, 2.24) is 0 Å². The van der Waals surface area contributed by atoms with Gasteiger partial charge in [0.2, 0.25) is 0 Å². The van der Waals surface area contributed by atoms with Crippen LogP contribution in [0.5, 0.6) is 0 Å². The number of esters is 3. The van der Waals surface area contributed by atoms with Crippen LogP contribution in [0.1, 0.15) is 265 Å². The quantitative estimate of drug-likeness (QED) is 0.0262. The predicted molar refractivity (Wildman–Crippen MR) is 288 cm³/mol. The van der Waals surface area contributed by atoms with Gasteiger partial charge < -0.3 is 14.2 Å². The molecule has 0 heterocycles. The monoisotopic (exact) mass is 933 g/mol. The minimum absolute atomic E-state index is 0.0876. The summed E-state index contributed by atoms with van der Waals surface area (Å²) in [4.78, 5) is 38.1. The maximum absolute atomic E-state index is 12.8. The minimum Gasteiger partial charge on any atom is -0.462 e. The first-order chi connectivity index (χ1) is 33.0. The minimum atomic E-state index is -0.788. The third-order valence-corrected chi connectivity index (χ3v) is 11.9. The zero-order valence-corrected chi connectivity index (χ0v) is 43.9. The van der Waals surface area contributed by atoms with Crippen molar-refractivity contribution in [3.05, 3.63) is 85.1 Å². The largest absolute Gasteiger partial charge is 0.462 e. The zero-order chi connectivity index (χ0) is 48.6. The van der Waals surface area contributed by atoms with Crippen LogP contribution in [0.25, 0.3) is 0 Å². The Morgan fingerprint density at radius 1 is 0.313 bits per heavy atom. The number of rotatable bonds is 50. The zero-order valence-electron chi connectivity index (χ0n) is 43.9. The van der Waals surface area contributed by atoms with Crippen LogP contribution in [0.4, 0.5) is 0 Å². The lowest BCUT2D eigenvalue weighted by Crippen LogP contribution is -2.30. The molecule has 6 heteroatoms. The molecule has 0 aliphatic heterocycles. The maximum atomic E-state index is 12.8. The Bertz CT molecular complexity index is 1300. The lowest BCUT2D eigenvalue weighted by molar-refractivity contribution is -0.167. The highest BCUT2D eigenvalue weighted by atomic mass is 16.6. The van der Waals surface area contributed by atoms with Crippen LogP contribution in [0.15, 0.2) is 85.1 Å². The topological polar surface area (TPSA) is 78.9 Å². The summed E-state index contributed by atoms with van der Waals surface area (Å²) in [6, 6.07) is 0. The van der Waals surface area contributed by atoms with Crippen LogP contribution in [-0.4, -0.2) is 37.2 Å². The van der Waals surface area contributed by atoms with Gasteiger partial charge in [-0.25, -0.2) is 0 Å².